The van der Waals surface area contributed by atoms with Gasteiger partial charge in [-0.2, -0.15) is 5.10 Å². The van der Waals surface area contributed by atoms with Crippen molar-refractivity contribution in [1.82, 2.24) is 14.8 Å². The van der Waals surface area contributed by atoms with Gasteiger partial charge < -0.3 is 9.47 Å². The van der Waals surface area contributed by atoms with E-state index >= 15 is 0 Å². The Bertz CT molecular complexity index is 1080. The van der Waals surface area contributed by atoms with Crippen LogP contribution in [0.15, 0.2) is 61.1 Å². The minimum absolute atomic E-state index is 0.792. The molecule has 0 bridgehead atoms. The van der Waals surface area contributed by atoms with Gasteiger partial charge in [-0.1, -0.05) is 6.07 Å². The fraction of sp³-hybridized carbons (Fsp3) is 0.182. The normalized spacial score (nSPS) is 10.9. The van der Waals surface area contributed by atoms with E-state index < -0.39 is 0 Å². The highest BCUT2D eigenvalue weighted by molar-refractivity contribution is 5.84. The summed E-state index contributed by atoms with van der Waals surface area (Å²) in [6, 6.07) is 14.5. The number of fused-ring (bicyclic) bond motifs is 1. The molecule has 0 atom stereocenters. The van der Waals surface area contributed by atoms with E-state index in [0.29, 0.717) is 0 Å². The van der Waals surface area contributed by atoms with Crippen molar-refractivity contribution in [3.8, 4) is 22.6 Å². The zero-order valence-electron chi connectivity index (χ0n) is 15.6. The third-order valence-corrected chi connectivity index (χ3v) is 4.60. The molecule has 0 unspecified atom stereocenters. The van der Waals surface area contributed by atoms with Crippen molar-refractivity contribution >= 4 is 10.9 Å². The first-order chi connectivity index (χ1) is 13.1. The van der Waals surface area contributed by atoms with Crippen molar-refractivity contribution < 1.29 is 9.47 Å². The molecule has 0 radical (unpaired) electrons. The molecule has 4 rings (SSSR count). The molecule has 4 aromatic rings. The van der Waals surface area contributed by atoms with Gasteiger partial charge in [-0.25, -0.2) is 0 Å². The molecule has 0 saturated heterocycles. The smallest absolute Gasteiger partial charge is 0.122 e. The summed E-state index contributed by atoms with van der Waals surface area (Å²) >= 11 is 0. The molecule has 0 aliphatic rings. The monoisotopic (exact) mass is 359 g/mol. The van der Waals surface area contributed by atoms with Crippen LogP contribution in [-0.2, 0) is 13.5 Å². The summed E-state index contributed by atoms with van der Waals surface area (Å²) in [5.74, 6) is 1.59. The van der Waals surface area contributed by atoms with Gasteiger partial charge in [0.2, 0.25) is 0 Å². The number of hydrogen-bond donors (Lipinski definition) is 0. The maximum atomic E-state index is 5.37. The first kappa shape index (κ1) is 17.1. The van der Waals surface area contributed by atoms with Crippen molar-refractivity contribution in [3.63, 3.8) is 0 Å². The summed E-state index contributed by atoms with van der Waals surface area (Å²) in [6.45, 7) is 0. The molecule has 5 nitrogen and oxygen atoms in total. The average molecular weight is 359 g/mol. The van der Waals surface area contributed by atoms with Crippen molar-refractivity contribution in [2.24, 2.45) is 7.05 Å². The highest BCUT2D eigenvalue weighted by atomic mass is 16.5. The third kappa shape index (κ3) is 3.62. The maximum Gasteiger partial charge on any atom is 0.122 e. The van der Waals surface area contributed by atoms with Crippen LogP contribution in [0.2, 0.25) is 0 Å². The molecule has 0 amide bonds. The number of methoxy groups -OCH3 is 2. The summed E-state index contributed by atoms with van der Waals surface area (Å²) in [4.78, 5) is 4.59. The predicted molar refractivity (Wildman–Crippen MR) is 106 cm³/mol. The molecule has 0 aliphatic heterocycles. The van der Waals surface area contributed by atoms with Crippen LogP contribution in [0.25, 0.3) is 22.0 Å². The fourth-order valence-corrected chi connectivity index (χ4v) is 3.22. The van der Waals surface area contributed by atoms with Crippen molar-refractivity contribution in [2.75, 3.05) is 14.2 Å². The van der Waals surface area contributed by atoms with Gasteiger partial charge in [-0.15, -0.1) is 0 Å². The molecule has 2 heterocycles. The molecule has 2 aromatic carbocycles. The second-order valence-corrected chi connectivity index (χ2v) is 6.55. The largest absolute Gasteiger partial charge is 0.497 e. The summed E-state index contributed by atoms with van der Waals surface area (Å²) in [5.41, 5.74) is 5.46. The molecule has 0 N–H and O–H groups in total. The molecular formula is C22H21N3O2. The minimum Gasteiger partial charge on any atom is -0.497 e. The quantitative estimate of drug-likeness (QED) is 0.535. The first-order valence-electron chi connectivity index (χ1n) is 8.74. The Labute approximate surface area is 158 Å². The Morgan fingerprint density at radius 1 is 0.852 bits per heavy atom. The van der Waals surface area contributed by atoms with Crippen LogP contribution in [0.4, 0.5) is 0 Å². The Hall–Kier alpha value is -3.34. The number of benzene rings is 2. The van der Waals surface area contributed by atoms with E-state index in [9.17, 15) is 0 Å². The van der Waals surface area contributed by atoms with Crippen LogP contribution < -0.4 is 9.47 Å². The summed E-state index contributed by atoms with van der Waals surface area (Å²) in [7, 11) is 5.25. The Balaban J connectivity index is 1.68. The van der Waals surface area contributed by atoms with Gasteiger partial charge in [-0.05, 0) is 47.9 Å². The lowest BCUT2D eigenvalue weighted by Gasteiger charge is -2.09. The highest BCUT2D eigenvalue weighted by Crippen LogP contribution is 2.26. The summed E-state index contributed by atoms with van der Waals surface area (Å²) in [6.07, 6.45) is 6.54. The summed E-state index contributed by atoms with van der Waals surface area (Å²) < 4.78 is 12.5. The summed E-state index contributed by atoms with van der Waals surface area (Å²) in [5, 5.41) is 5.36. The van der Waals surface area contributed by atoms with Crippen LogP contribution >= 0.6 is 0 Å². The number of pyridine rings is 1. The van der Waals surface area contributed by atoms with Gasteiger partial charge >= 0.3 is 0 Å². The van der Waals surface area contributed by atoms with Gasteiger partial charge in [0.15, 0.2) is 0 Å². The number of ether oxygens (including phenoxy) is 2. The molecule has 136 valence electrons. The van der Waals surface area contributed by atoms with Crippen molar-refractivity contribution in [2.45, 2.75) is 6.42 Å². The molecule has 5 heteroatoms. The van der Waals surface area contributed by atoms with Crippen molar-refractivity contribution in [3.05, 3.63) is 72.2 Å². The number of rotatable bonds is 5. The molecule has 2 aromatic heterocycles. The lowest BCUT2D eigenvalue weighted by atomic mass is 10.0. The van der Waals surface area contributed by atoms with Gasteiger partial charge in [0.25, 0.3) is 0 Å². The van der Waals surface area contributed by atoms with E-state index in [0.717, 1.165) is 45.5 Å². The number of nitrogens with zero attached hydrogens (tertiary/aromatic N) is 3. The zero-order valence-corrected chi connectivity index (χ0v) is 15.6. The number of aromatic nitrogens is 3. The van der Waals surface area contributed by atoms with Gasteiger partial charge in [0.05, 0.1) is 25.9 Å². The van der Waals surface area contributed by atoms with Crippen LogP contribution in [0.1, 0.15) is 11.1 Å². The van der Waals surface area contributed by atoms with Gasteiger partial charge in [-0.3, -0.25) is 9.67 Å². The Morgan fingerprint density at radius 2 is 1.63 bits per heavy atom. The molecule has 0 spiro atoms. The lowest BCUT2D eigenvalue weighted by molar-refractivity contribution is 0.393. The zero-order chi connectivity index (χ0) is 18.8. The van der Waals surface area contributed by atoms with E-state index in [1.807, 2.05) is 43.8 Å². The SMILES string of the molecule is COc1cc(Cc2ccc3ncc(-c4cnn(C)c4)cc3c2)cc(OC)c1. The Kier molecular flexibility index (Phi) is 4.50. The van der Waals surface area contributed by atoms with E-state index in [1.54, 1.807) is 18.9 Å². The minimum atomic E-state index is 0.792. The van der Waals surface area contributed by atoms with Gasteiger partial charge in [0, 0.05) is 42.0 Å². The fourth-order valence-electron chi connectivity index (χ4n) is 3.22. The van der Waals surface area contributed by atoms with E-state index in [4.69, 9.17) is 9.47 Å². The lowest BCUT2D eigenvalue weighted by Crippen LogP contribution is -1.93. The first-order valence-corrected chi connectivity index (χ1v) is 8.74. The molecule has 0 fully saturated rings. The average Bonchev–Trinajstić information content (AvgIpc) is 3.13. The highest BCUT2D eigenvalue weighted by Gasteiger charge is 2.07. The molecule has 0 aliphatic carbocycles. The van der Waals surface area contributed by atoms with Crippen molar-refractivity contribution in [1.29, 1.82) is 0 Å². The maximum absolute atomic E-state index is 5.37. The standard InChI is InChI=1S/C22H21N3O2/c1-25-14-19(13-24-25)18-10-17-7-15(4-5-22(17)23-12-18)6-16-8-20(26-2)11-21(9-16)27-3/h4-5,7-14H,6H2,1-3H3. The Morgan fingerprint density at radius 3 is 2.30 bits per heavy atom. The van der Waals surface area contributed by atoms with E-state index in [2.05, 4.69) is 34.3 Å². The second-order valence-electron chi connectivity index (χ2n) is 6.55. The molecule has 0 saturated carbocycles. The number of aryl methyl sites for hydroxylation is 1. The number of hydrogen-bond acceptors (Lipinski definition) is 4. The van der Waals surface area contributed by atoms with Crippen LogP contribution in [-0.4, -0.2) is 29.0 Å². The van der Waals surface area contributed by atoms with Crippen LogP contribution in [0, 0.1) is 0 Å². The van der Waals surface area contributed by atoms with Crippen LogP contribution in [0.3, 0.4) is 0 Å². The second kappa shape index (κ2) is 7.11. The molecule has 27 heavy (non-hydrogen) atoms. The third-order valence-electron chi connectivity index (χ3n) is 4.60. The topological polar surface area (TPSA) is 49.2 Å². The van der Waals surface area contributed by atoms with E-state index in [-0.39, 0.29) is 0 Å². The predicted octanol–water partition coefficient (Wildman–Crippen LogP) is 4.24. The van der Waals surface area contributed by atoms with E-state index in [1.165, 1.54) is 5.56 Å². The molecular weight excluding hydrogens is 338 g/mol. The van der Waals surface area contributed by atoms with Crippen LogP contribution in [0.5, 0.6) is 11.5 Å². The van der Waals surface area contributed by atoms with Gasteiger partial charge in [0.1, 0.15) is 11.5 Å².